The summed E-state index contributed by atoms with van der Waals surface area (Å²) < 4.78 is 97.3. The average molecular weight is 1050 g/mol. The number of nitrogens with one attached hydrogen (secondary N) is 5. The zero-order valence-corrected chi connectivity index (χ0v) is 37.5. The molecule has 0 radical (unpaired) electrons. The number of nitrogens with zero attached hydrogens (tertiary/aromatic N) is 2. The van der Waals surface area contributed by atoms with Crippen LogP contribution in [0.25, 0.3) is 0 Å². The zero-order valence-electron chi connectivity index (χ0n) is 37.4. The topological polar surface area (TPSA) is 407 Å². The Hall–Kier alpha value is -8.46. The first-order valence-electron chi connectivity index (χ1n) is 19.4. The van der Waals surface area contributed by atoms with Crippen molar-refractivity contribution in [3.05, 3.63) is 89.0 Å². The number of esters is 1. The van der Waals surface area contributed by atoms with Gasteiger partial charge in [-0.15, -0.1) is 0 Å². The van der Waals surface area contributed by atoms with Crippen LogP contribution < -0.4 is 37.1 Å². The minimum atomic E-state index is -1.85. The minimum Gasteiger partial charge on any atom is -0.481 e. The molecule has 0 aliphatic carbocycles. The van der Waals surface area contributed by atoms with Crippen LogP contribution in [0, 0.1) is 35.2 Å². The molecular formula is C38H44F7N8O17P. The summed E-state index contributed by atoms with van der Waals surface area (Å²) in [6.45, 7) is 2.78. The summed E-state index contributed by atoms with van der Waals surface area (Å²) >= 11 is 0. The van der Waals surface area contributed by atoms with Crippen molar-refractivity contribution in [2.24, 2.45) is 5.73 Å². The minimum absolute atomic E-state index is 0.00251. The van der Waals surface area contributed by atoms with Crippen molar-refractivity contribution in [3.8, 4) is 5.75 Å². The number of nitrogens with two attached hydrogens (primary N) is 1. The van der Waals surface area contributed by atoms with Gasteiger partial charge in [0.15, 0.2) is 11.6 Å². The second kappa shape index (κ2) is 41.7. The molecule has 0 bridgehead atoms. The molecule has 0 aliphatic rings. The number of benzene rings is 1. The van der Waals surface area contributed by atoms with E-state index in [9.17, 15) is 68.9 Å². The van der Waals surface area contributed by atoms with Crippen LogP contribution in [0.3, 0.4) is 0 Å². The highest BCUT2D eigenvalue weighted by atomic mass is 31.1. The molecule has 11 N–H and O–H groups in total. The predicted octanol–water partition coefficient (Wildman–Crippen LogP) is 1.73. The summed E-state index contributed by atoms with van der Waals surface area (Å²) in [5.74, 6) is -17.1. The molecule has 392 valence electrons. The van der Waals surface area contributed by atoms with Crippen molar-refractivity contribution >= 4 is 69.7 Å². The number of rotatable bonds is 18. The molecular weight excluding hydrogens is 1000 g/mol. The molecule has 0 saturated carbocycles. The Labute approximate surface area is 398 Å². The van der Waals surface area contributed by atoms with Crippen LogP contribution in [0.15, 0.2) is 42.7 Å². The first-order chi connectivity index (χ1) is 33.9. The van der Waals surface area contributed by atoms with Gasteiger partial charge in [0.2, 0.25) is 29.3 Å². The van der Waals surface area contributed by atoms with E-state index in [1.54, 1.807) is 6.92 Å². The van der Waals surface area contributed by atoms with Crippen LogP contribution in [-0.4, -0.2) is 129 Å². The third kappa shape index (κ3) is 33.6. The van der Waals surface area contributed by atoms with Gasteiger partial charge in [-0.25, -0.2) is 46.9 Å². The smallest absolute Gasteiger partial charge is 0.373 e. The van der Waals surface area contributed by atoms with Crippen molar-refractivity contribution in [2.45, 2.75) is 51.6 Å². The molecule has 2 heterocycles. The molecule has 3 atom stereocenters. The number of pyridine rings is 2. The second-order valence-electron chi connectivity index (χ2n) is 11.6. The van der Waals surface area contributed by atoms with Gasteiger partial charge in [-0.1, -0.05) is 13.8 Å². The lowest BCUT2D eigenvalue weighted by Crippen LogP contribution is -2.47. The van der Waals surface area contributed by atoms with Crippen LogP contribution in [0.5, 0.6) is 5.75 Å². The Kier molecular flexibility index (Phi) is 39.2. The summed E-state index contributed by atoms with van der Waals surface area (Å²) in [6.07, 6.45) is 1.15. The highest BCUT2D eigenvalue weighted by Crippen LogP contribution is 2.27. The normalized spacial score (nSPS) is 10.1. The maximum Gasteiger partial charge on any atom is 0.373 e. The van der Waals surface area contributed by atoms with Crippen LogP contribution in [0.4, 0.5) is 40.1 Å². The molecule has 1 aromatic carbocycles. The molecule has 71 heavy (non-hydrogen) atoms. The number of carboxylic acids is 4. The largest absolute Gasteiger partial charge is 0.481 e. The van der Waals surface area contributed by atoms with Crippen LogP contribution in [0.1, 0.15) is 61.6 Å². The summed E-state index contributed by atoms with van der Waals surface area (Å²) in [6, 6.07) is -0.0577. The number of urea groups is 2. The van der Waals surface area contributed by atoms with Gasteiger partial charge >= 0.3 is 54.2 Å². The maximum absolute atomic E-state index is 13.2. The summed E-state index contributed by atoms with van der Waals surface area (Å²) in [4.78, 5) is 127. The third-order valence-electron chi connectivity index (χ3n) is 6.85. The standard InChI is InChI=1S/C14H17FN4O6.C12H4F5NO2.C8H15N3O5.C2H6.2CO2.FH2P/c15-10-3-1-8(7-18-10)12(22)16-5-6-17-14(25)19-9(13(23)24)2-4-11(20)21;13-6-3-7(14)10(17)11(9(6)16)20-12(19)5-1-2-8(15)18-4-5;9-3-4-10-8(16)11-5(7(14)15)1-2-6(12)13;1-2;2*2-1-3;1-2/h1,3,7,9H,2,4-6H2,(H,16,22)(H,20,21)(H,23,24)(H2,17,19,25);1-4H;5H,1-4,9H2,(H,12,13)(H,14,15)(H2,10,11,16);1-2H3;;;2H2/t9-;;5-;;;;/m0.0..../s1/i2*15-1;;1T;;;. The van der Waals surface area contributed by atoms with E-state index in [-0.39, 0.29) is 74.9 Å². The van der Waals surface area contributed by atoms with E-state index >= 15 is 0 Å². The molecule has 2 aromatic heterocycles. The first kappa shape index (κ1) is 66.8. The van der Waals surface area contributed by atoms with Gasteiger partial charge in [0, 0.05) is 58.9 Å². The number of aliphatic carboxylic acids is 4. The van der Waals surface area contributed by atoms with Crippen LogP contribution in [0.2, 0.25) is 0 Å². The van der Waals surface area contributed by atoms with Crippen molar-refractivity contribution in [1.82, 2.24) is 36.6 Å². The first-order valence-corrected chi connectivity index (χ1v) is 19.1. The van der Waals surface area contributed by atoms with Crippen molar-refractivity contribution in [3.63, 3.8) is 0 Å². The number of aromatic nitrogens is 2. The maximum atomic E-state index is 13.2. The number of carbonyl (C=O) groups is 8. The lowest BCUT2D eigenvalue weighted by atomic mass is 10.1. The fraction of sp³-hybridized carbons (Fsp3) is 0.316. The van der Waals surface area contributed by atoms with Crippen molar-refractivity contribution in [1.29, 1.82) is 0 Å². The average Bonchev–Trinajstić information content (AvgIpc) is 3.32. The summed E-state index contributed by atoms with van der Waals surface area (Å²) in [7, 11) is 0.917. The Bertz CT molecular complexity index is 2210. The van der Waals surface area contributed by atoms with Gasteiger partial charge in [0.25, 0.3) is 5.91 Å². The van der Waals surface area contributed by atoms with Gasteiger partial charge in [-0.3, -0.25) is 14.4 Å². The van der Waals surface area contributed by atoms with E-state index in [2.05, 4.69) is 41.3 Å². The molecule has 0 aliphatic heterocycles. The summed E-state index contributed by atoms with van der Waals surface area (Å²) in [5.41, 5.74) is 4.92. The highest BCUT2D eigenvalue weighted by Gasteiger charge is 2.24. The molecule has 0 spiro atoms. The van der Waals surface area contributed by atoms with Gasteiger partial charge in [0.05, 0.1) is 20.7 Å². The molecule has 3 aromatic rings. The van der Waals surface area contributed by atoms with Gasteiger partial charge in [-0.2, -0.15) is 36.7 Å². The van der Waals surface area contributed by atoms with Gasteiger partial charge in [0.1, 0.15) is 12.1 Å². The van der Waals surface area contributed by atoms with Crippen LogP contribution >= 0.6 is 9.55 Å². The number of hydrogen-bond donors (Lipinski definition) is 10. The van der Waals surface area contributed by atoms with Crippen molar-refractivity contribution < 1.29 is 115 Å². The number of carbonyl (C=O) groups excluding carboxylic acids is 8. The quantitative estimate of drug-likeness (QED) is 0.0165. The molecule has 0 fully saturated rings. The number of hydrogen-bond acceptors (Lipinski definition) is 16. The highest BCUT2D eigenvalue weighted by molar-refractivity contribution is 7.09. The Morgan fingerprint density at radius 2 is 1.04 bits per heavy atom. The molecule has 3 rings (SSSR count). The lowest BCUT2D eigenvalue weighted by Gasteiger charge is -2.14. The third-order valence-corrected chi connectivity index (χ3v) is 6.85. The Morgan fingerprint density at radius 3 is 1.38 bits per heavy atom. The van der Waals surface area contributed by atoms with Crippen molar-refractivity contribution in [2.75, 3.05) is 26.2 Å². The lowest BCUT2D eigenvalue weighted by molar-refractivity contribution is -0.193. The van der Waals surface area contributed by atoms with Crippen LogP contribution in [-0.2, 0) is 38.4 Å². The fourth-order valence-corrected chi connectivity index (χ4v) is 3.91. The number of carboxylic acid groups (broad SMARTS) is 4. The van der Waals surface area contributed by atoms with Gasteiger partial charge in [-0.05, 0) is 37.1 Å². The second-order valence-corrected chi connectivity index (χ2v) is 11.6. The molecule has 1 unspecified atom stereocenters. The Balaban J connectivity index is -0.000000444. The fourth-order valence-electron chi connectivity index (χ4n) is 3.91. The SMILES string of the molecule is FP.NCCNC(=O)N[C@@H](CCC(=O)O)C(=O)O.O=C(O)CC[C@H](NC(=O)NCCNC(=O)c1ccc([18F])nc1)C(=O)O.O=C(Oc1c(F)c(F)cc(F)c1F)c1ccc([18F])nc1.O=C=O.O=C=O.[3H]CC. The van der Waals surface area contributed by atoms with Gasteiger partial charge < -0.3 is 57.5 Å². The van der Waals surface area contributed by atoms with E-state index in [1.165, 1.54) is 6.07 Å². The van der Waals surface area contributed by atoms with E-state index in [0.29, 0.717) is 6.90 Å². The van der Waals surface area contributed by atoms with E-state index in [1.807, 2.05) is 0 Å². The van der Waals surface area contributed by atoms with E-state index in [4.69, 9.17) is 46.7 Å². The van der Waals surface area contributed by atoms with E-state index < -0.39 is 107 Å². The molecule has 0 saturated heterocycles. The predicted molar refractivity (Wildman–Crippen MR) is 223 cm³/mol. The summed E-state index contributed by atoms with van der Waals surface area (Å²) in [5, 5.41) is 45.9. The number of halogens is 7. The number of ether oxygens (including phenoxy) is 1. The monoisotopic (exact) mass is 1050 g/mol. The van der Waals surface area contributed by atoms with E-state index in [0.717, 1.165) is 40.1 Å². The molecule has 5 amide bonds. The molecule has 33 heteroatoms. The number of amides is 5. The Morgan fingerprint density at radius 1 is 0.676 bits per heavy atom. The zero-order chi connectivity index (χ0) is 56.4. The molecule has 25 nitrogen and oxygen atoms in total.